The Kier molecular flexibility index (Phi) is 3.38. The third-order valence-corrected chi connectivity index (χ3v) is 4.19. The Morgan fingerprint density at radius 2 is 1.90 bits per heavy atom. The molecule has 0 saturated heterocycles. The number of nitro benzene ring substituents is 1. The van der Waals surface area contributed by atoms with Gasteiger partial charge in [-0.25, -0.2) is 0 Å². The van der Waals surface area contributed by atoms with Gasteiger partial charge in [-0.1, -0.05) is 11.6 Å². The van der Waals surface area contributed by atoms with Crippen LogP contribution in [-0.2, 0) is 0 Å². The molecular formula is C14H15ClN2O3. The van der Waals surface area contributed by atoms with Crippen molar-refractivity contribution in [2.75, 3.05) is 0 Å². The molecule has 0 unspecified atom stereocenters. The Morgan fingerprint density at radius 1 is 1.30 bits per heavy atom. The minimum atomic E-state index is -0.565. The first-order valence-electron chi connectivity index (χ1n) is 6.81. The van der Waals surface area contributed by atoms with Gasteiger partial charge < -0.3 is 5.32 Å². The van der Waals surface area contributed by atoms with Crippen LogP contribution in [-0.4, -0.2) is 16.9 Å². The third kappa shape index (κ3) is 2.77. The smallest absolute Gasteiger partial charge is 0.283 e. The summed E-state index contributed by atoms with van der Waals surface area (Å²) in [5, 5.41) is 14.3. The fraction of sp³-hybridized carbons (Fsp3) is 0.500. The van der Waals surface area contributed by atoms with Gasteiger partial charge in [0.25, 0.3) is 11.6 Å². The summed E-state index contributed by atoms with van der Waals surface area (Å²) in [7, 11) is 0. The lowest BCUT2D eigenvalue weighted by molar-refractivity contribution is -0.385. The van der Waals surface area contributed by atoms with Gasteiger partial charge in [0, 0.05) is 17.1 Å². The van der Waals surface area contributed by atoms with Crippen molar-refractivity contribution in [1.29, 1.82) is 0 Å². The summed E-state index contributed by atoms with van der Waals surface area (Å²) in [5.41, 5.74) is -0.147. The summed E-state index contributed by atoms with van der Waals surface area (Å²) in [6, 6.07) is 4.33. The molecule has 0 aromatic heterocycles. The molecule has 2 aliphatic carbocycles. The SMILES string of the molecule is O=C(NC(C1CC1)C1CC1)c1ccc(Cl)cc1[N+](=O)[O-]. The molecule has 5 nitrogen and oxygen atoms in total. The van der Waals surface area contributed by atoms with E-state index in [0.717, 1.165) is 25.7 Å². The van der Waals surface area contributed by atoms with Gasteiger partial charge in [-0.05, 0) is 49.7 Å². The maximum absolute atomic E-state index is 12.3. The molecule has 0 radical (unpaired) electrons. The fourth-order valence-electron chi connectivity index (χ4n) is 2.61. The number of nitrogens with one attached hydrogen (secondary N) is 1. The van der Waals surface area contributed by atoms with E-state index in [2.05, 4.69) is 5.32 Å². The highest BCUT2D eigenvalue weighted by Crippen LogP contribution is 2.44. The van der Waals surface area contributed by atoms with Crippen molar-refractivity contribution in [3.05, 3.63) is 38.9 Å². The van der Waals surface area contributed by atoms with Crippen LogP contribution in [0.3, 0.4) is 0 Å². The van der Waals surface area contributed by atoms with E-state index in [0.29, 0.717) is 11.8 Å². The summed E-state index contributed by atoms with van der Waals surface area (Å²) < 4.78 is 0. The van der Waals surface area contributed by atoms with E-state index < -0.39 is 4.92 Å². The first-order chi connectivity index (χ1) is 9.56. The van der Waals surface area contributed by atoms with Crippen LogP contribution in [0, 0.1) is 22.0 Å². The van der Waals surface area contributed by atoms with Gasteiger partial charge in [0.05, 0.1) is 4.92 Å². The van der Waals surface area contributed by atoms with Gasteiger partial charge in [0.2, 0.25) is 0 Å². The maximum atomic E-state index is 12.3. The molecule has 0 aliphatic heterocycles. The molecule has 2 fully saturated rings. The second-order valence-electron chi connectivity index (χ2n) is 5.59. The first-order valence-corrected chi connectivity index (χ1v) is 7.19. The summed E-state index contributed by atoms with van der Waals surface area (Å²) in [4.78, 5) is 22.8. The maximum Gasteiger partial charge on any atom is 0.283 e. The molecule has 1 N–H and O–H groups in total. The third-order valence-electron chi connectivity index (χ3n) is 3.96. The highest BCUT2D eigenvalue weighted by Gasteiger charge is 2.42. The number of rotatable bonds is 5. The van der Waals surface area contributed by atoms with Crippen molar-refractivity contribution in [3.8, 4) is 0 Å². The summed E-state index contributed by atoms with van der Waals surface area (Å²) >= 11 is 5.76. The monoisotopic (exact) mass is 294 g/mol. The van der Waals surface area contributed by atoms with Gasteiger partial charge in [-0.3, -0.25) is 14.9 Å². The zero-order chi connectivity index (χ0) is 14.3. The van der Waals surface area contributed by atoms with Crippen LogP contribution in [0.1, 0.15) is 36.0 Å². The number of nitro groups is 1. The molecule has 20 heavy (non-hydrogen) atoms. The van der Waals surface area contributed by atoms with Gasteiger partial charge in [-0.2, -0.15) is 0 Å². The summed E-state index contributed by atoms with van der Waals surface area (Å²) in [5.74, 6) is 0.743. The van der Waals surface area contributed by atoms with Crippen LogP contribution in [0.5, 0.6) is 0 Å². The standard InChI is InChI=1S/C14H15ClN2O3/c15-10-5-6-11(12(7-10)17(19)20)14(18)16-13(8-1-2-8)9-3-4-9/h5-9,13H,1-4H2,(H,16,18). The molecule has 1 amide bonds. The van der Waals surface area contributed by atoms with Crippen molar-refractivity contribution in [2.24, 2.45) is 11.8 Å². The lowest BCUT2D eigenvalue weighted by Crippen LogP contribution is -2.38. The van der Waals surface area contributed by atoms with Crippen LogP contribution >= 0.6 is 11.6 Å². The van der Waals surface area contributed by atoms with E-state index in [1.807, 2.05) is 0 Å². The van der Waals surface area contributed by atoms with Crippen LogP contribution in [0.25, 0.3) is 0 Å². The highest BCUT2D eigenvalue weighted by atomic mass is 35.5. The predicted molar refractivity (Wildman–Crippen MR) is 74.8 cm³/mol. The highest BCUT2D eigenvalue weighted by molar-refractivity contribution is 6.31. The number of carbonyl (C=O) groups excluding carboxylic acids is 1. The van der Waals surface area contributed by atoms with Crippen molar-refractivity contribution in [3.63, 3.8) is 0 Å². The van der Waals surface area contributed by atoms with Crippen molar-refractivity contribution >= 4 is 23.2 Å². The van der Waals surface area contributed by atoms with E-state index in [-0.39, 0.29) is 28.2 Å². The summed E-state index contributed by atoms with van der Waals surface area (Å²) in [6.07, 6.45) is 4.57. The largest absolute Gasteiger partial charge is 0.349 e. The lowest BCUT2D eigenvalue weighted by Gasteiger charge is -2.17. The summed E-state index contributed by atoms with van der Waals surface area (Å²) in [6.45, 7) is 0. The molecule has 3 rings (SSSR count). The minimum Gasteiger partial charge on any atom is -0.349 e. The van der Waals surface area contributed by atoms with Crippen LogP contribution in [0.4, 0.5) is 5.69 Å². The van der Waals surface area contributed by atoms with Crippen LogP contribution in [0.2, 0.25) is 5.02 Å². The molecule has 0 heterocycles. The van der Waals surface area contributed by atoms with Gasteiger partial charge in [-0.15, -0.1) is 0 Å². The van der Waals surface area contributed by atoms with Gasteiger partial charge in [0.15, 0.2) is 0 Å². The molecule has 2 aliphatic rings. The molecule has 106 valence electrons. The lowest BCUT2D eigenvalue weighted by atomic mass is 10.1. The zero-order valence-corrected chi connectivity index (χ0v) is 11.6. The average molecular weight is 295 g/mol. The predicted octanol–water partition coefficient (Wildman–Crippen LogP) is 3.17. The van der Waals surface area contributed by atoms with E-state index in [1.165, 1.54) is 18.2 Å². The van der Waals surface area contributed by atoms with E-state index in [4.69, 9.17) is 11.6 Å². The number of nitrogens with zero attached hydrogens (tertiary/aromatic N) is 1. The van der Waals surface area contributed by atoms with E-state index >= 15 is 0 Å². The molecule has 1 aromatic carbocycles. The van der Waals surface area contributed by atoms with Crippen molar-refractivity contribution < 1.29 is 9.72 Å². The number of benzene rings is 1. The van der Waals surface area contributed by atoms with Crippen LogP contribution in [0.15, 0.2) is 18.2 Å². The van der Waals surface area contributed by atoms with Gasteiger partial charge in [0.1, 0.15) is 5.56 Å². The Morgan fingerprint density at radius 3 is 2.40 bits per heavy atom. The van der Waals surface area contributed by atoms with Crippen LogP contribution < -0.4 is 5.32 Å². The number of carbonyl (C=O) groups is 1. The Labute approximate surface area is 121 Å². The zero-order valence-electron chi connectivity index (χ0n) is 10.8. The molecule has 0 bridgehead atoms. The fourth-order valence-corrected chi connectivity index (χ4v) is 2.77. The normalized spacial score (nSPS) is 18.1. The molecule has 0 spiro atoms. The van der Waals surface area contributed by atoms with Crippen molar-refractivity contribution in [1.82, 2.24) is 5.32 Å². The molecule has 1 aromatic rings. The van der Waals surface area contributed by atoms with Gasteiger partial charge >= 0.3 is 0 Å². The second kappa shape index (κ2) is 5.05. The number of halogens is 1. The quantitative estimate of drug-likeness (QED) is 0.669. The Bertz CT molecular complexity index is 556. The second-order valence-corrected chi connectivity index (χ2v) is 6.03. The Hall–Kier alpha value is -1.62. The van der Waals surface area contributed by atoms with E-state index in [9.17, 15) is 14.9 Å². The number of amides is 1. The number of hydrogen-bond acceptors (Lipinski definition) is 3. The molecule has 6 heteroatoms. The molecular weight excluding hydrogens is 280 g/mol. The molecule has 0 atom stereocenters. The minimum absolute atomic E-state index is 0.0886. The van der Waals surface area contributed by atoms with Crippen molar-refractivity contribution in [2.45, 2.75) is 31.7 Å². The Balaban J connectivity index is 1.80. The average Bonchev–Trinajstić information content (AvgIpc) is 3.28. The number of hydrogen-bond donors (Lipinski definition) is 1. The molecule has 2 saturated carbocycles. The van der Waals surface area contributed by atoms with E-state index in [1.54, 1.807) is 0 Å². The topological polar surface area (TPSA) is 72.2 Å². The first kappa shape index (κ1) is 13.4.